The van der Waals surface area contributed by atoms with E-state index >= 15 is 0 Å². The largest absolute Gasteiger partial charge is 0.492 e. The van der Waals surface area contributed by atoms with Crippen molar-refractivity contribution < 1.29 is 22.7 Å². The highest BCUT2D eigenvalue weighted by Crippen LogP contribution is 2.39. The summed E-state index contributed by atoms with van der Waals surface area (Å²) in [6, 6.07) is 11.9. The molecule has 3 aromatic rings. The number of nitrogens with one attached hydrogen (secondary N) is 2. The molecule has 2 aromatic carbocycles. The number of likely N-dealkylation sites (N-methyl/N-ethyl adjacent to an activating group) is 1. The lowest BCUT2D eigenvalue weighted by atomic mass is 9.86. The molecule has 0 unspecified atom stereocenters. The van der Waals surface area contributed by atoms with Crippen LogP contribution in [0.2, 0.25) is 5.02 Å². The predicted octanol–water partition coefficient (Wildman–Crippen LogP) is 5.59. The van der Waals surface area contributed by atoms with Crippen LogP contribution in [0.1, 0.15) is 48.8 Å². The molecule has 1 saturated heterocycles. The van der Waals surface area contributed by atoms with Gasteiger partial charge in [-0.2, -0.15) is 0 Å². The summed E-state index contributed by atoms with van der Waals surface area (Å²) in [6.45, 7) is 10.8. The van der Waals surface area contributed by atoms with Crippen LogP contribution in [0.3, 0.4) is 0 Å². The van der Waals surface area contributed by atoms with Crippen LogP contribution in [0.4, 0.5) is 11.4 Å². The fraction of sp³-hybridized carbons (Fsp3) is 0.419. The number of carbonyl (C=O) groups is 1. The molecule has 0 radical (unpaired) electrons. The van der Waals surface area contributed by atoms with E-state index < -0.39 is 15.9 Å². The average molecular weight is 630 g/mol. The third-order valence-electron chi connectivity index (χ3n) is 7.11. The van der Waals surface area contributed by atoms with Gasteiger partial charge in [0.05, 0.1) is 35.5 Å². The number of hydrogen-bond acceptors (Lipinski definition) is 8. The maximum Gasteiger partial charge on any atom is 0.255 e. The van der Waals surface area contributed by atoms with Crippen molar-refractivity contribution in [3.05, 3.63) is 70.5 Å². The summed E-state index contributed by atoms with van der Waals surface area (Å²) in [5.74, 6) is 0.625. The van der Waals surface area contributed by atoms with Gasteiger partial charge in [0.25, 0.3) is 5.91 Å². The first-order valence-electron chi connectivity index (χ1n) is 14.1. The number of anilines is 2. The first-order valence-corrected chi connectivity index (χ1v) is 16.3. The number of nitrogens with zero attached hydrogens (tertiary/aromatic N) is 3. The van der Waals surface area contributed by atoms with Crippen molar-refractivity contribution in [2.24, 2.45) is 0 Å². The van der Waals surface area contributed by atoms with E-state index in [0.29, 0.717) is 34.3 Å². The molecule has 0 aliphatic carbocycles. The Bertz CT molecular complexity index is 1580. The van der Waals surface area contributed by atoms with Crippen molar-refractivity contribution in [1.82, 2.24) is 14.8 Å². The van der Waals surface area contributed by atoms with Crippen LogP contribution in [0.5, 0.6) is 17.2 Å². The first-order chi connectivity index (χ1) is 20.2. The molecule has 2 heterocycles. The van der Waals surface area contributed by atoms with E-state index in [9.17, 15) is 13.2 Å². The summed E-state index contributed by atoms with van der Waals surface area (Å²) in [5, 5.41) is 3.22. The Kier molecular flexibility index (Phi) is 10.2. The van der Waals surface area contributed by atoms with Crippen LogP contribution in [0, 0.1) is 0 Å². The summed E-state index contributed by atoms with van der Waals surface area (Å²) in [7, 11) is -0.0534. The lowest BCUT2D eigenvalue weighted by Crippen LogP contribution is -2.28. The van der Waals surface area contributed by atoms with Gasteiger partial charge >= 0.3 is 0 Å². The quantitative estimate of drug-likeness (QED) is 0.315. The van der Waals surface area contributed by atoms with Crippen molar-refractivity contribution in [2.75, 3.05) is 56.6 Å². The SMILES string of the molecule is COc1c(NC(=O)c2ccc(Cl)c(Oc3ccnc(CN4CCCN(C)CC4)c3)c2)cc(C(C)(C)C)cc1NS(C)(=O)=O. The Morgan fingerprint density at radius 2 is 1.79 bits per heavy atom. The fourth-order valence-corrected chi connectivity index (χ4v) is 5.49. The summed E-state index contributed by atoms with van der Waals surface area (Å²) in [5.41, 5.74) is 2.19. The van der Waals surface area contributed by atoms with Crippen LogP contribution < -0.4 is 19.5 Å². The molecular weight excluding hydrogens is 590 g/mol. The van der Waals surface area contributed by atoms with E-state index in [0.717, 1.165) is 50.1 Å². The Hall–Kier alpha value is -3.38. The molecule has 1 amide bonds. The predicted molar refractivity (Wildman–Crippen MR) is 171 cm³/mol. The van der Waals surface area contributed by atoms with Gasteiger partial charge in [-0.05, 0) is 73.9 Å². The number of aromatic nitrogens is 1. The van der Waals surface area contributed by atoms with Gasteiger partial charge in [0.1, 0.15) is 11.5 Å². The molecule has 4 rings (SSSR count). The Morgan fingerprint density at radius 3 is 2.49 bits per heavy atom. The van der Waals surface area contributed by atoms with Crippen molar-refractivity contribution >= 4 is 38.9 Å². The van der Waals surface area contributed by atoms with Gasteiger partial charge in [0.15, 0.2) is 5.75 Å². The van der Waals surface area contributed by atoms with Crippen LogP contribution >= 0.6 is 11.6 Å². The zero-order valence-electron chi connectivity index (χ0n) is 25.5. The molecule has 232 valence electrons. The van der Waals surface area contributed by atoms with E-state index in [1.165, 1.54) is 7.11 Å². The molecule has 0 bridgehead atoms. The molecule has 43 heavy (non-hydrogen) atoms. The summed E-state index contributed by atoms with van der Waals surface area (Å²) in [4.78, 5) is 22.7. The number of hydrogen-bond donors (Lipinski definition) is 2. The van der Waals surface area contributed by atoms with Crippen molar-refractivity contribution in [2.45, 2.75) is 39.2 Å². The molecule has 0 spiro atoms. The number of methoxy groups -OCH3 is 1. The minimum atomic E-state index is -3.61. The van der Waals surface area contributed by atoms with Crippen molar-refractivity contribution in [3.8, 4) is 17.2 Å². The van der Waals surface area contributed by atoms with Gasteiger partial charge < -0.3 is 19.7 Å². The maximum atomic E-state index is 13.5. The average Bonchev–Trinajstić information content (AvgIpc) is 3.12. The van der Waals surface area contributed by atoms with Crippen molar-refractivity contribution in [1.29, 1.82) is 0 Å². The second-order valence-electron chi connectivity index (χ2n) is 11.8. The number of halogens is 1. The van der Waals surface area contributed by atoms with Gasteiger partial charge in [-0.25, -0.2) is 8.42 Å². The number of benzene rings is 2. The number of pyridine rings is 1. The van der Waals surface area contributed by atoms with Gasteiger partial charge in [-0.3, -0.25) is 19.4 Å². The highest BCUT2D eigenvalue weighted by Gasteiger charge is 2.23. The van der Waals surface area contributed by atoms with Gasteiger partial charge in [-0.1, -0.05) is 32.4 Å². The molecule has 2 N–H and O–H groups in total. The minimum absolute atomic E-state index is 0.192. The van der Waals surface area contributed by atoms with Gasteiger partial charge in [0, 0.05) is 37.5 Å². The van der Waals surface area contributed by atoms with Crippen LogP contribution in [0.25, 0.3) is 0 Å². The molecule has 1 aliphatic rings. The number of ether oxygens (including phenoxy) is 2. The zero-order valence-corrected chi connectivity index (χ0v) is 27.1. The van der Waals surface area contributed by atoms with Crippen LogP contribution in [-0.2, 0) is 22.0 Å². The normalized spacial score (nSPS) is 15.0. The zero-order chi connectivity index (χ0) is 31.4. The first kappa shape index (κ1) is 32.5. The van der Waals surface area contributed by atoms with E-state index in [4.69, 9.17) is 21.1 Å². The summed E-state index contributed by atoms with van der Waals surface area (Å²) >= 11 is 6.47. The highest BCUT2D eigenvalue weighted by atomic mass is 35.5. The Balaban J connectivity index is 1.56. The van der Waals surface area contributed by atoms with Crippen molar-refractivity contribution in [3.63, 3.8) is 0 Å². The Morgan fingerprint density at radius 1 is 1.05 bits per heavy atom. The second-order valence-corrected chi connectivity index (χ2v) is 14.0. The monoisotopic (exact) mass is 629 g/mol. The molecule has 12 heteroatoms. The molecule has 0 atom stereocenters. The molecule has 10 nitrogen and oxygen atoms in total. The van der Waals surface area contributed by atoms with Crippen LogP contribution in [0.15, 0.2) is 48.7 Å². The fourth-order valence-electron chi connectivity index (χ4n) is 4.79. The van der Waals surface area contributed by atoms with E-state index in [1.807, 2.05) is 26.8 Å². The lowest BCUT2D eigenvalue weighted by Gasteiger charge is -2.24. The minimum Gasteiger partial charge on any atom is -0.492 e. The number of carbonyl (C=O) groups excluding carboxylic acids is 1. The lowest BCUT2D eigenvalue weighted by molar-refractivity contribution is 0.102. The molecule has 1 aromatic heterocycles. The Labute approximate surface area is 259 Å². The van der Waals surface area contributed by atoms with E-state index in [-0.39, 0.29) is 16.9 Å². The summed E-state index contributed by atoms with van der Waals surface area (Å²) in [6.07, 6.45) is 3.87. The number of amides is 1. The van der Waals surface area contributed by atoms with Gasteiger partial charge in [0.2, 0.25) is 10.0 Å². The smallest absolute Gasteiger partial charge is 0.255 e. The highest BCUT2D eigenvalue weighted by molar-refractivity contribution is 7.92. The third-order valence-corrected chi connectivity index (χ3v) is 8.01. The molecule has 1 aliphatic heterocycles. The third kappa shape index (κ3) is 9.06. The molecule has 1 fully saturated rings. The van der Waals surface area contributed by atoms with Gasteiger partial charge in [-0.15, -0.1) is 0 Å². The number of rotatable bonds is 9. The summed E-state index contributed by atoms with van der Waals surface area (Å²) < 4.78 is 38.3. The number of sulfonamides is 1. The van der Waals surface area contributed by atoms with E-state index in [2.05, 4.69) is 31.9 Å². The standard InChI is InChI=1S/C31H40ClN5O5S/c1-31(2,3)22-17-26(29(41-5)27(18-22)35-43(6,39)40)34-30(38)21-8-9-25(32)28(16-21)42-24-10-11-33-23(19-24)20-37-13-7-12-36(4)14-15-37/h8-11,16-19,35H,7,12-15,20H2,1-6H3,(H,34,38). The topological polar surface area (TPSA) is 113 Å². The van der Waals surface area contributed by atoms with Crippen LogP contribution in [-0.4, -0.2) is 75.7 Å². The maximum absolute atomic E-state index is 13.5. The molecule has 0 saturated carbocycles. The second kappa shape index (κ2) is 13.5. The molecular formula is C31H40ClN5O5S. The van der Waals surface area contributed by atoms with E-state index in [1.54, 1.807) is 42.6 Å².